The van der Waals surface area contributed by atoms with Gasteiger partial charge >= 0.3 is 5.97 Å². The van der Waals surface area contributed by atoms with Crippen molar-refractivity contribution in [3.63, 3.8) is 0 Å². The van der Waals surface area contributed by atoms with Gasteiger partial charge in [-0.25, -0.2) is 0 Å². The highest BCUT2D eigenvalue weighted by Gasteiger charge is 2.06. The van der Waals surface area contributed by atoms with Crippen LogP contribution in [-0.4, -0.2) is 22.9 Å². The van der Waals surface area contributed by atoms with Crippen LogP contribution in [-0.2, 0) is 11.3 Å². The molecule has 0 radical (unpaired) electrons. The topological polar surface area (TPSA) is 49.3 Å². The fourth-order valence-corrected chi connectivity index (χ4v) is 2.96. The number of aliphatic carboxylic acids is 1. The van der Waals surface area contributed by atoms with Crippen molar-refractivity contribution in [1.82, 2.24) is 5.32 Å². The van der Waals surface area contributed by atoms with Gasteiger partial charge in [0.2, 0.25) is 0 Å². The maximum atomic E-state index is 10.4. The van der Waals surface area contributed by atoms with Gasteiger partial charge in [-0.3, -0.25) is 4.79 Å². The van der Waals surface area contributed by atoms with Crippen LogP contribution >= 0.6 is 27.7 Å². The molecule has 1 rings (SSSR count). The quantitative estimate of drug-likeness (QED) is 0.593. The maximum absolute atomic E-state index is 10.4. The summed E-state index contributed by atoms with van der Waals surface area (Å²) in [6.07, 6.45) is 0.156. The zero-order valence-corrected chi connectivity index (χ0v) is 13.0. The van der Waals surface area contributed by atoms with Gasteiger partial charge in [-0.15, -0.1) is 11.8 Å². The standard InChI is InChI=1S/C13H18BrNO2S/c1-9(2)18-12-7-11(14)4-3-10(12)8-15-6-5-13(16)17/h3-4,7,9,15H,5-6,8H2,1-2H3,(H,16,17). The minimum Gasteiger partial charge on any atom is -0.481 e. The van der Waals surface area contributed by atoms with E-state index >= 15 is 0 Å². The number of rotatable bonds is 7. The minimum absolute atomic E-state index is 0.156. The second kappa shape index (κ2) is 7.81. The fraction of sp³-hybridized carbons (Fsp3) is 0.462. The molecule has 0 aliphatic carbocycles. The third kappa shape index (κ3) is 5.89. The van der Waals surface area contributed by atoms with Crippen LogP contribution in [0, 0.1) is 0 Å². The van der Waals surface area contributed by atoms with Gasteiger partial charge in [-0.1, -0.05) is 35.8 Å². The molecule has 0 aliphatic rings. The summed E-state index contributed by atoms with van der Waals surface area (Å²) in [6, 6.07) is 6.19. The molecule has 5 heteroatoms. The first-order valence-electron chi connectivity index (χ1n) is 5.86. The van der Waals surface area contributed by atoms with E-state index in [1.54, 1.807) is 0 Å². The monoisotopic (exact) mass is 331 g/mol. The highest BCUT2D eigenvalue weighted by Crippen LogP contribution is 2.29. The lowest BCUT2D eigenvalue weighted by molar-refractivity contribution is -0.136. The molecule has 1 aromatic carbocycles. The summed E-state index contributed by atoms with van der Waals surface area (Å²) in [6.45, 7) is 5.52. The van der Waals surface area contributed by atoms with Crippen LogP contribution in [0.3, 0.4) is 0 Å². The lowest BCUT2D eigenvalue weighted by Gasteiger charge is -2.12. The Bertz CT molecular complexity index is 410. The van der Waals surface area contributed by atoms with Crippen molar-refractivity contribution in [2.24, 2.45) is 0 Å². The Balaban J connectivity index is 2.60. The summed E-state index contributed by atoms with van der Waals surface area (Å²) in [5, 5.41) is 12.3. The molecule has 100 valence electrons. The third-order valence-electron chi connectivity index (χ3n) is 2.22. The Labute approximate surface area is 120 Å². The molecule has 3 nitrogen and oxygen atoms in total. The van der Waals surface area contributed by atoms with E-state index in [1.165, 1.54) is 10.5 Å². The van der Waals surface area contributed by atoms with Crippen LogP contribution in [0.5, 0.6) is 0 Å². The van der Waals surface area contributed by atoms with Crippen LogP contribution in [0.15, 0.2) is 27.6 Å². The van der Waals surface area contributed by atoms with Crippen molar-refractivity contribution in [2.45, 2.75) is 37.0 Å². The zero-order chi connectivity index (χ0) is 13.5. The number of hydrogen-bond donors (Lipinski definition) is 2. The van der Waals surface area contributed by atoms with E-state index in [4.69, 9.17) is 5.11 Å². The Morgan fingerprint density at radius 1 is 1.50 bits per heavy atom. The van der Waals surface area contributed by atoms with Crippen LogP contribution in [0.1, 0.15) is 25.8 Å². The summed E-state index contributed by atoms with van der Waals surface area (Å²) < 4.78 is 1.07. The van der Waals surface area contributed by atoms with E-state index in [-0.39, 0.29) is 6.42 Å². The average molecular weight is 332 g/mol. The Hall–Kier alpha value is -0.520. The predicted molar refractivity (Wildman–Crippen MR) is 79.1 cm³/mol. The van der Waals surface area contributed by atoms with Crippen molar-refractivity contribution in [2.75, 3.05) is 6.54 Å². The molecule has 0 heterocycles. The number of thioether (sulfide) groups is 1. The largest absolute Gasteiger partial charge is 0.481 e. The SMILES string of the molecule is CC(C)Sc1cc(Br)ccc1CNCCC(=O)O. The first kappa shape index (κ1) is 15.5. The highest BCUT2D eigenvalue weighted by molar-refractivity contribution is 9.10. The molecule has 0 bridgehead atoms. The molecule has 0 saturated heterocycles. The van der Waals surface area contributed by atoms with Gasteiger partial charge in [-0.2, -0.15) is 0 Å². The molecule has 0 spiro atoms. The number of hydrogen-bond acceptors (Lipinski definition) is 3. The summed E-state index contributed by atoms with van der Waals surface area (Å²) in [5.41, 5.74) is 1.21. The van der Waals surface area contributed by atoms with Crippen molar-refractivity contribution in [3.05, 3.63) is 28.2 Å². The van der Waals surface area contributed by atoms with Gasteiger partial charge in [0.1, 0.15) is 0 Å². The number of nitrogens with one attached hydrogen (secondary N) is 1. The van der Waals surface area contributed by atoms with Gasteiger partial charge in [0.15, 0.2) is 0 Å². The van der Waals surface area contributed by atoms with Gasteiger partial charge < -0.3 is 10.4 Å². The molecular formula is C13H18BrNO2S. The molecule has 0 aromatic heterocycles. The molecular weight excluding hydrogens is 314 g/mol. The number of benzene rings is 1. The Morgan fingerprint density at radius 2 is 2.22 bits per heavy atom. The number of carboxylic acid groups (broad SMARTS) is 1. The second-order valence-electron chi connectivity index (χ2n) is 4.24. The van der Waals surface area contributed by atoms with E-state index in [0.717, 1.165) is 4.47 Å². The molecule has 0 aliphatic heterocycles. The molecule has 0 amide bonds. The van der Waals surface area contributed by atoms with E-state index < -0.39 is 5.97 Å². The van der Waals surface area contributed by atoms with Crippen LogP contribution < -0.4 is 5.32 Å². The summed E-state index contributed by atoms with van der Waals surface area (Å²) in [7, 11) is 0. The van der Waals surface area contributed by atoms with E-state index in [1.807, 2.05) is 17.8 Å². The predicted octanol–water partition coefficient (Wildman–Crippen LogP) is 3.51. The molecule has 0 atom stereocenters. The number of carbonyl (C=O) groups is 1. The van der Waals surface area contributed by atoms with Crippen LogP contribution in [0.4, 0.5) is 0 Å². The average Bonchev–Trinajstić information content (AvgIpc) is 2.25. The van der Waals surface area contributed by atoms with Gasteiger partial charge in [-0.05, 0) is 17.7 Å². The van der Waals surface area contributed by atoms with Crippen molar-refractivity contribution < 1.29 is 9.90 Å². The summed E-state index contributed by atoms with van der Waals surface area (Å²) in [5.74, 6) is -0.768. The summed E-state index contributed by atoms with van der Waals surface area (Å²) in [4.78, 5) is 11.7. The van der Waals surface area contributed by atoms with E-state index in [0.29, 0.717) is 18.3 Å². The lowest BCUT2D eigenvalue weighted by atomic mass is 10.2. The smallest absolute Gasteiger partial charge is 0.304 e. The zero-order valence-electron chi connectivity index (χ0n) is 10.6. The number of carboxylic acids is 1. The minimum atomic E-state index is -0.768. The van der Waals surface area contributed by atoms with Gasteiger partial charge in [0, 0.05) is 27.7 Å². The van der Waals surface area contributed by atoms with Gasteiger partial charge in [0.25, 0.3) is 0 Å². The molecule has 1 aromatic rings. The normalized spacial score (nSPS) is 10.9. The van der Waals surface area contributed by atoms with Gasteiger partial charge in [0.05, 0.1) is 6.42 Å². The molecule has 0 fully saturated rings. The lowest BCUT2D eigenvalue weighted by Crippen LogP contribution is -2.18. The van der Waals surface area contributed by atoms with Crippen LogP contribution in [0.25, 0.3) is 0 Å². The second-order valence-corrected chi connectivity index (χ2v) is 6.77. The maximum Gasteiger partial charge on any atom is 0.304 e. The van der Waals surface area contributed by atoms with Crippen molar-refractivity contribution >= 4 is 33.7 Å². The van der Waals surface area contributed by atoms with E-state index in [9.17, 15) is 4.79 Å². The molecule has 18 heavy (non-hydrogen) atoms. The Kier molecular flexibility index (Phi) is 6.75. The van der Waals surface area contributed by atoms with E-state index in [2.05, 4.69) is 47.2 Å². The Morgan fingerprint density at radius 3 is 2.83 bits per heavy atom. The third-order valence-corrected chi connectivity index (χ3v) is 3.82. The first-order chi connectivity index (χ1) is 8.49. The highest BCUT2D eigenvalue weighted by atomic mass is 79.9. The number of halogens is 1. The van der Waals surface area contributed by atoms with Crippen molar-refractivity contribution in [3.8, 4) is 0 Å². The van der Waals surface area contributed by atoms with Crippen LogP contribution in [0.2, 0.25) is 0 Å². The van der Waals surface area contributed by atoms with Crippen molar-refractivity contribution in [1.29, 1.82) is 0 Å². The molecule has 0 unspecified atom stereocenters. The molecule has 0 saturated carbocycles. The first-order valence-corrected chi connectivity index (χ1v) is 7.54. The fourth-order valence-electron chi connectivity index (χ4n) is 1.46. The molecule has 2 N–H and O–H groups in total. The summed E-state index contributed by atoms with van der Waals surface area (Å²) >= 11 is 5.29.